The molecule has 1 aliphatic rings. The van der Waals surface area contributed by atoms with Gasteiger partial charge in [0.15, 0.2) is 11.8 Å². The smallest absolute Gasteiger partial charge is 0.194 e. The molecule has 0 atom stereocenters. The summed E-state index contributed by atoms with van der Waals surface area (Å²) >= 11 is 0. The average molecular weight is 304 g/mol. The van der Waals surface area contributed by atoms with Crippen LogP contribution in [0.2, 0.25) is 0 Å². The Morgan fingerprint density at radius 3 is 3.09 bits per heavy atom. The van der Waals surface area contributed by atoms with Gasteiger partial charge in [0.2, 0.25) is 0 Å². The first kappa shape index (κ1) is 16.5. The van der Waals surface area contributed by atoms with Crippen LogP contribution in [-0.4, -0.2) is 45.8 Å². The highest BCUT2D eigenvalue weighted by atomic mass is 15.3. The van der Waals surface area contributed by atoms with Gasteiger partial charge in [-0.3, -0.25) is 0 Å². The number of rotatable bonds is 7. The van der Waals surface area contributed by atoms with E-state index in [0.717, 1.165) is 56.5 Å². The Bertz CT molecular complexity index is 505. The van der Waals surface area contributed by atoms with Crippen LogP contribution in [0.4, 0.5) is 0 Å². The lowest BCUT2D eigenvalue weighted by molar-refractivity contribution is 0.468. The van der Waals surface area contributed by atoms with E-state index in [1.54, 1.807) is 0 Å². The molecule has 0 aromatic carbocycles. The van der Waals surface area contributed by atoms with Gasteiger partial charge >= 0.3 is 0 Å². The molecule has 0 fully saturated rings. The van der Waals surface area contributed by atoms with Crippen molar-refractivity contribution >= 4 is 5.96 Å². The predicted molar refractivity (Wildman–Crippen MR) is 89.8 cm³/mol. The molecule has 0 saturated heterocycles. The number of unbranched alkanes of at least 4 members (excludes halogenated alkanes) is 1. The Morgan fingerprint density at radius 1 is 1.45 bits per heavy atom. The second-order valence-corrected chi connectivity index (χ2v) is 5.66. The molecule has 0 radical (unpaired) electrons. The van der Waals surface area contributed by atoms with Crippen molar-refractivity contribution < 1.29 is 0 Å². The molecular formula is C16H28N6. The molecule has 1 N–H and O–H groups in total. The highest BCUT2D eigenvalue weighted by Crippen LogP contribution is 2.14. The second-order valence-electron chi connectivity index (χ2n) is 5.66. The van der Waals surface area contributed by atoms with Gasteiger partial charge in [-0.05, 0) is 32.6 Å². The lowest BCUT2D eigenvalue weighted by atomic mass is 10.2. The van der Waals surface area contributed by atoms with Crippen molar-refractivity contribution in [3.63, 3.8) is 0 Å². The number of guanidine groups is 1. The molecule has 1 aromatic rings. The van der Waals surface area contributed by atoms with E-state index in [9.17, 15) is 0 Å². The van der Waals surface area contributed by atoms with E-state index >= 15 is 0 Å². The number of allylic oxidation sites excluding steroid dienone is 1. The predicted octanol–water partition coefficient (Wildman–Crippen LogP) is 1.98. The van der Waals surface area contributed by atoms with E-state index < -0.39 is 0 Å². The van der Waals surface area contributed by atoms with E-state index in [0.29, 0.717) is 6.54 Å². The Hall–Kier alpha value is -1.85. The van der Waals surface area contributed by atoms with Crippen molar-refractivity contribution in [2.45, 2.75) is 52.1 Å². The maximum atomic E-state index is 4.73. The zero-order chi connectivity index (χ0) is 15.8. The Labute approximate surface area is 133 Å². The summed E-state index contributed by atoms with van der Waals surface area (Å²) in [6.07, 6.45) is 7.55. The van der Waals surface area contributed by atoms with Gasteiger partial charge in [-0.1, -0.05) is 6.08 Å². The maximum Gasteiger partial charge on any atom is 0.194 e. The van der Waals surface area contributed by atoms with Gasteiger partial charge in [-0.25, -0.2) is 4.99 Å². The van der Waals surface area contributed by atoms with Crippen LogP contribution >= 0.6 is 0 Å². The third kappa shape index (κ3) is 4.32. The van der Waals surface area contributed by atoms with Crippen molar-refractivity contribution in [2.75, 3.05) is 20.1 Å². The van der Waals surface area contributed by atoms with Gasteiger partial charge in [-0.15, -0.1) is 16.8 Å². The average Bonchev–Trinajstić information content (AvgIpc) is 2.95. The number of aryl methyl sites for hydroxylation is 1. The van der Waals surface area contributed by atoms with E-state index in [1.807, 2.05) is 6.08 Å². The largest absolute Gasteiger partial charge is 0.357 e. The number of aromatic nitrogens is 3. The van der Waals surface area contributed by atoms with Gasteiger partial charge in [0.1, 0.15) is 12.4 Å². The molecular weight excluding hydrogens is 276 g/mol. The van der Waals surface area contributed by atoms with Crippen molar-refractivity contribution in [3.05, 3.63) is 24.3 Å². The van der Waals surface area contributed by atoms with Crippen LogP contribution in [0.5, 0.6) is 0 Å². The van der Waals surface area contributed by atoms with Crippen LogP contribution in [0.15, 0.2) is 17.6 Å². The Balaban J connectivity index is 2.00. The minimum absolute atomic E-state index is 0.584. The zero-order valence-electron chi connectivity index (χ0n) is 13.9. The molecule has 6 nitrogen and oxygen atoms in total. The standard InChI is InChI=1S/C16H28N6/c1-4-6-8-11-21(3)16(17-5-2)18-13-15-20-19-14-10-7-9-12-22(14)15/h4H,1,5-13H2,2-3H3,(H,17,18). The van der Waals surface area contributed by atoms with E-state index in [2.05, 4.69) is 45.5 Å². The molecule has 0 amide bonds. The highest BCUT2D eigenvalue weighted by Gasteiger charge is 2.15. The second kappa shape index (κ2) is 8.56. The molecule has 122 valence electrons. The monoisotopic (exact) mass is 304 g/mol. The summed E-state index contributed by atoms with van der Waals surface area (Å²) in [6.45, 7) is 9.30. The molecule has 0 unspecified atom stereocenters. The van der Waals surface area contributed by atoms with E-state index in [1.165, 1.54) is 12.8 Å². The Morgan fingerprint density at radius 2 is 2.32 bits per heavy atom. The number of hydrogen-bond donors (Lipinski definition) is 1. The summed E-state index contributed by atoms with van der Waals surface area (Å²) in [5.41, 5.74) is 0. The fourth-order valence-electron chi connectivity index (χ4n) is 2.68. The van der Waals surface area contributed by atoms with Crippen LogP contribution in [-0.2, 0) is 19.5 Å². The van der Waals surface area contributed by atoms with Crippen LogP contribution in [0.1, 0.15) is 44.3 Å². The number of aliphatic imine (C=N–C) groups is 1. The minimum atomic E-state index is 0.584. The molecule has 22 heavy (non-hydrogen) atoms. The molecule has 0 spiro atoms. The number of nitrogens with zero attached hydrogens (tertiary/aromatic N) is 5. The summed E-state index contributed by atoms with van der Waals surface area (Å²) in [6, 6.07) is 0. The lowest BCUT2D eigenvalue weighted by Crippen LogP contribution is -2.39. The topological polar surface area (TPSA) is 58.3 Å². The molecule has 1 aliphatic heterocycles. The normalized spacial score (nSPS) is 14.5. The third-order valence-corrected chi connectivity index (χ3v) is 3.90. The van der Waals surface area contributed by atoms with Crippen molar-refractivity contribution in [1.82, 2.24) is 25.0 Å². The number of fused-ring (bicyclic) bond motifs is 1. The summed E-state index contributed by atoms with van der Waals surface area (Å²) in [4.78, 5) is 6.89. The summed E-state index contributed by atoms with van der Waals surface area (Å²) in [5.74, 6) is 3.02. The third-order valence-electron chi connectivity index (χ3n) is 3.90. The number of hydrogen-bond acceptors (Lipinski definition) is 3. The van der Waals surface area contributed by atoms with Gasteiger partial charge in [-0.2, -0.15) is 0 Å². The first-order valence-electron chi connectivity index (χ1n) is 8.27. The van der Waals surface area contributed by atoms with Crippen LogP contribution < -0.4 is 5.32 Å². The minimum Gasteiger partial charge on any atom is -0.357 e. The molecule has 0 saturated carbocycles. The number of nitrogens with one attached hydrogen (secondary N) is 1. The summed E-state index contributed by atoms with van der Waals surface area (Å²) in [5, 5.41) is 11.9. The van der Waals surface area contributed by atoms with Crippen LogP contribution in [0.3, 0.4) is 0 Å². The quantitative estimate of drug-likeness (QED) is 0.362. The summed E-state index contributed by atoms with van der Waals surface area (Å²) < 4.78 is 2.23. The first-order chi connectivity index (χ1) is 10.8. The fourth-order valence-corrected chi connectivity index (χ4v) is 2.68. The molecule has 2 rings (SSSR count). The highest BCUT2D eigenvalue weighted by molar-refractivity contribution is 5.79. The van der Waals surface area contributed by atoms with Crippen molar-refractivity contribution in [1.29, 1.82) is 0 Å². The molecule has 6 heteroatoms. The van der Waals surface area contributed by atoms with Gasteiger partial charge < -0.3 is 14.8 Å². The van der Waals surface area contributed by atoms with Gasteiger partial charge in [0, 0.05) is 33.1 Å². The van der Waals surface area contributed by atoms with Crippen molar-refractivity contribution in [2.24, 2.45) is 4.99 Å². The fraction of sp³-hybridized carbons (Fsp3) is 0.688. The van der Waals surface area contributed by atoms with E-state index in [-0.39, 0.29) is 0 Å². The first-order valence-corrected chi connectivity index (χ1v) is 8.27. The molecule has 0 bridgehead atoms. The Kier molecular flexibility index (Phi) is 6.43. The van der Waals surface area contributed by atoms with E-state index in [4.69, 9.17) is 4.99 Å². The van der Waals surface area contributed by atoms with Gasteiger partial charge in [0.05, 0.1) is 0 Å². The maximum absolute atomic E-state index is 4.73. The molecule has 0 aliphatic carbocycles. The molecule has 2 heterocycles. The van der Waals surface area contributed by atoms with Crippen LogP contribution in [0.25, 0.3) is 0 Å². The lowest BCUT2D eigenvalue weighted by Gasteiger charge is -2.22. The van der Waals surface area contributed by atoms with Gasteiger partial charge in [0.25, 0.3) is 0 Å². The molecule has 1 aromatic heterocycles. The van der Waals surface area contributed by atoms with Crippen LogP contribution in [0, 0.1) is 0 Å². The SMILES string of the molecule is C=CCCCN(C)C(=NCc1nnc2n1CCCC2)NCC. The zero-order valence-corrected chi connectivity index (χ0v) is 13.9. The van der Waals surface area contributed by atoms with Crippen molar-refractivity contribution in [3.8, 4) is 0 Å². The summed E-state index contributed by atoms with van der Waals surface area (Å²) in [7, 11) is 2.07.